The summed E-state index contributed by atoms with van der Waals surface area (Å²) in [5.41, 5.74) is 1.67. The molecule has 2 aromatic rings. The van der Waals surface area contributed by atoms with Gasteiger partial charge in [0.05, 0.1) is 19.3 Å². The number of aliphatic carboxylic acids is 1. The molecule has 0 amide bonds. The molecule has 0 aliphatic heterocycles. The topological polar surface area (TPSA) is 59.7 Å². The highest BCUT2D eigenvalue weighted by atomic mass is 16.5. The Labute approximate surface area is 98.8 Å². The molecule has 1 aromatic heterocycles. The molecule has 1 N–H and O–H groups in total. The molecular weight excluding hydrogens is 220 g/mol. The Morgan fingerprint density at radius 1 is 1.47 bits per heavy atom. The zero-order chi connectivity index (χ0) is 12.3. The van der Waals surface area contributed by atoms with Gasteiger partial charge in [-0.2, -0.15) is 0 Å². The number of benzene rings is 1. The zero-order valence-electron chi connectivity index (χ0n) is 9.55. The third-order valence-corrected chi connectivity index (χ3v) is 2.74. The van der Waals surface area contributed by atoms with Crippen molar-refractivity contribution in [2.75, 3.05) is 13.7 Å². The lowest BCUT2D eigenvalue weighted by Gasteiger charge is -2.12. The maximum atomic E-state index is 10.8. The van der Waals surface area contributed by atoms with E-state index in [0.717, 1.165) is 16.5 Å². The number of para-hydroxylation sites is 1. The van der Waals surface area contributed by atoms with Crippen LogP contribution >= 0.6 is 0 Å². The highest BCUT2D eigenvalue weighted by Gasteiger charge is 2.19. The Balaban J connectivity index is 2.37. The Kier molecular flexibility index (Phi) is 3.44. The molecule has 0 aliphatic rings. The van der Waals surface area contributed by atoms with Crippen molar-refractivity contribution in [1.29, 1.82) is 0 Å². The third-order valence-electron chi connectivity index (χ3n) is 2.74. The Morgan fingerprint density at radius 3 is 2.94 bits per heavy atom. The van der Waals surface area contributed by atoms with Gasteiger partial charge in [-0.3, -0.25) is 4.79 Å². The Morgan fingerprint density at radius 2 is 2.24 bits per heavy atom. The van der Waals surface area contributed by atoms with Gasteiger partial charge < -0.3 is 14.3 Å². The van der Waals surface area contributed by atoms with Crippen molar-refractivity contribution in [2.24, 2.45) is 0 Å². The lowest BCUT2D eigenvalue weighted by atomic mass is 9.96. The minimum absolute atomic E-state index is 0.0391. The fourth-order valence-corrected chi connectivity index (χ4v) is 1.99. The van der Waals surface area contributed by atoms with Crippen LogP contribution in [0.3, 0.4) is 0 Å². The second-order valence-electron chi connectivity index (χ2n) is 3.94. The molecule has 17 heavy (non-hydrogen) atoms. The van der Waals surface area contributed by atoms with Crippen molar-refractivity contribution in [3.05, 3.63) is 36.1 Å². The first-order valence-electron chi connectivity index (χ1n) is 5.39. The molecule has 0 spiro atoms. The number of carboxylic acids is 1. The van der Waals surface area contributed by atoms with E-state index in [2.05, 4.69) is 0 Å². The van der Waals surface area contributed by atoms with Gasteiger partial charge in [0.15, 0.2) is 0 Å². The number of furan rings is 1. The van der Waals surface area contributed by atoms with Crippen LogP contribution in [0.25, 0.3) is 11.0 Å². The molecule has 1 heterocycles. The lowest BCUT2D eigenvalue weighted by molar-refractivity contribution is -0.137. The summed E-state index contributed by atoms with van der Waals surface area (Å²) < 4.78 is 10.5. The Bertz CT molecular complexity index is 515. The molecule has 0 aliphatic carbocycles. The second kappa shape index (κ2) is 5.01. The number of carbonyl (C=O) groups is 1. The van der Waals surface area contributed by atoms with E-state index < -0.39 is 5.97 Å². The summed E-state index contributed by atoms with van der Waals surface area (Å²) in [7, 11) is 1.57. The summed E-state index contributed by atoms with van der Waals surface area (Å²) in [6.07, 6.45) is 1.66. The summed E-state index contributed by atoms with van der Waals surface area (Å²) >= 11 is 0. The molecule has 0 saturated heterocycles. The lowest BCUT2D eigenvalue weighted by Crippen LogP contribution is -2.11. The van der Waals surface area contributed by atoms with E-state index in [9.17, 15) is 4.79 Å². The molecular formula is C13H14O4. The quantitative estimate of drug-likeness (QED) is 0.863. The number of fused-ring (bicyclic) bond motifs is 1. The first-order valence-corrected chi connectivity index (χ1v) is 5.39. The highest BCUT2D eigenvalue weighted by molar-refractivity contribution is 5.82. The summed E-state index contributed by atoms with van der Waals surface area (Å²) in [6.45, 7) is 0.371. The van der Waals surface area contributed by atoms with E-state index in [1.165, 1.54) is 0 Å². The Hall–Kier alpha value is -1.81. The van der Waals surface area contributed by atoms with Crippen LogP contribution in [-0.2, 0) is 9.53 Å². The van der Waals surface area contributed by atoms with Crippen LogP contribution in [0.15, 0.2) is 34.9 Å². The standard InChI is InChI=1S/C13H14O4/c1-16-7-9(6-13(14)15)11-8-17-12-5-3-2-4-10(11)12/h2-5,8-9H,6-7H2,1H3,(H,14,15). The SMILES string of the molecule is COCC(CC(=O)O)c1coc2ccccc12. The molecule has 0 fully saturated rings. The predicted octanol–water partition coefficient (Wildman–Crippen LogP) is 2.64. The number of methoxy groups -OCH3 is 1. The molecule has 4 nitrogen and oxygen atoms in total. The number of ether oxygens (including phenoxy) is 1. The van der Waals surface area contributed by atoms with Gasteiger partial charge in [0.1, 0.15) is 5.58 Å². The first kappa shape index (κ1) is 11.7. The van der Waals surface area contributed by atoms with E-state index in [-0.39, 0.29) is 12.3 Å². The molecule has 1 atom stereocenters. The minimum Gasteiger partial charge on any atom is -0.481 e. The van der Waals surface area contributed by atoms with Crippen molar-refractivity contribution < 1.29 is 19.1 Å². The van der Waals surface area contributed by atoms with Gasteiger partial charge in [-0.25, -0.2) is 0 Å². The summed E-state index contributed by atoms with van der Waals surface area (Å²) in [5, 5.41) is 9.85. The summed E-state index contributed by atoms with van der Waals surface area (Å²) in [4.78, 5) is 10.8. The molecule has 2 rings (SSSR count). The van der Waals surface area contributed by atoms with Gasteiger partial charge >= 0.3 is 5.97 Å². The molecule has 0 bridgehead atoms. The van der Waals surface area contributed by atoms with Crippen molar-refractivity contribution in [3.8, 4) is 0 Å². The van der Waals surface area contributed by atoms with Crippen LogP contribution in [0.5, 0.6) is 0 Å². The van der Waals surface area contributed by atoms with Crippen LogP contribution in [0.1, 0.15) is 17.9 Å². The van der Waals surface area contributed by atoms with Gasteiger partial charge in [0.25, 0.3) is 0 Å². The molecule has 0 radical (unpaired) electrons. The normalized spacial score (nSPS) is 12.8. The van der Waals surface area contributed by atoms with Crippen LogP contribution < -0.4 is 0 Å². The highest BCUT2D eigenvalue weighted by Crippen LogP contribution is 2.29. The zero-order valence-corrected chi connectivity index (χ0v) is 9.55. The average Bonchev–Trinajstić information content (AvgIpc) is 2.71. The van der Waals surface area contributed by atoms with Crippen LogP contribution in [0.2, 0.25) is 0 Å². The average molecular weight is 234 g/mol. The molecule has 0 saturated carbocycles. The van der Waals surface area contributed by atoms with E-state index in [4.69, 9.17) is 14.3 Å². The number of rotatable bonds is 5. The van der Waals surface area contributed by atoms with Crippen LogP contribution in [-0.4, -0.2) is 24.8 Å². The van der Waals surface area contributed by atoms with Gasteiger partial charge in [-0.1, -0.05) is 18.2 Å². The number of hydrogen-bond donors (Lipinski definition) is 1. The van der Waals surface area contributed by atoms with Gasteiger partial charge in [-0.05, 0) is 6.07 Å². The first-order chi connectivity index (χ1) is 8.22. The van der Waals surface area contributed by atoms with Gasteiger partial charge in [0.2, 0.25) is 0 Å². The maximum Gasteiger partial charge on any atom is 0.304 e. The minimum atomic E-state index is -0.836. The monoisotopic (exact) mass is 234 g/mol. The van der Waals surface area contributed by atoms with Crippen molar-refractivity contribution in [1.82, 2.24) is 0 Å². The molecule has 1 unspecified atom stereocenters. The van der Waals surface area contributed by atoms with Gasteiger partial charge in [-0.15, -0.1) is 0 Å². The number of hydrogen-bond acceptors (Lipinski definition) is 3. The van der Waals surface area contributed by atoms with E-state index in [1.54, 1.807) is 13.4 Å². The summed E-state index contributed by atoms with van der Waals surface area (Å²) in [6, 6.07) is 7.59. The van der Waals surface area contributed by atoms with Crippen molar-refractivity contribution >= 4 is 16.9 Å². The molecule has 1 aromatic carbocycles. The van der Waals surface area contributed by atoms with Gasteiger partial charge in [0, 0.05) is 24.0 Å². The smallest absolute Gasteiger partial charge is 0.304 e. The van der Waals surface area contributed by atoms with E-state index >= 15 is 0 Å². The predicted molar refractivity (Wildman–Crippen MR) is 63.1 cm³/mol. The summed E-state index contributed by atoms with van der Waals surface area (Å²) in [5.74, 6) is -1.02. The second-order valence-corrected chi connectivity index (χ2v) is 3.94. The fourth-order valence-electron chi connectivity index (χ4n) is 1.99. The van der Waals surface area contributed by atoms with Crippen LogP contribution in [0, 0.1) is 0 Å². The van der Waals surface area contributed by atoms with E-state index in [1.807, 2.05) is 24.3 Å². The fraction of sp³-hybridized carbons (Fsp3) is 0.308. The third kappa shape index (κ3) is 2.47. The van der Waals surface area contributed by atoms with E-state index in [0.29, 0.717) is 6.61 Å². The van der Waals surface area contributed by atoms with Crippen molar-refractivity contribution in [2.45, 2.75) is 12.3 Å². The van der Waals surface area contributed by atoms with Crippen molar-refractivity contribution in [3.63, 3.8) is 0 Å². The largest absolute Gasteiger partial charge is 0.481 e. The van der Waals surface area contributed by atoms with Crippen LogP contribution in [0.4, 0.5) is 0 Å². The molecule has 90 valence electrons. The maximum absolute atomic E-state index is 10.8. The number of carboxylic acid groups (broad SMARTS) is 1. The molecule has 4 heteroatoms.